The molecule has 1 fully saturated rings. The van der Waals surface area contributed by atoms with Crippen molar-refractivity contribution in [3.8, 4) is 10.6 Å². The number of hydrogen-bond acceptors (Lipinski definition) is 6. The highest BCUT2D eigenvalue weighted by atomic mass is 32.1. The first kappa shape index (κ1) is 21.8. The van der Waals surface area contributed by atoms with E-state index in [0.29, 0.717) is 34.9 Å². The van der Waals surface area contributed by atoms with Gasteiger partial charge in [0.1, 0.15) is 9.88 Å². The van der Waals surface area contributed by atoms with Gasteiger partial charge in [-0.25, -0.2) is 4.98 Å². The second-order valence-electron chi connectivity index (χ2n) is 7.89. The number of pyridine rings is 1. The molecule has 1 aliphatic rings. The molecule has 164 valence electrons. The fourth-order valence-electron chi connectivity index (χ4n) is 3.76. The van der Waals surface area contributed by atoms with E-state index in [1.54, 1.807) is 41.6 Å². The van der Waals surface area contributed by atoms with Crippen LogP contribution in [0.3, 0.4) is 0 Å². The molecule has 3 heterocycles. The monoisotopic (exact) mass is 448 g/mol. The zero-order valence-electron chi connectivity index (χ0n) is 18.0. The van der Waals surface area contributed by atoms with Gasteiger partial charge in [0.25, 0.3) is 5.91 Å². The number of anilines is 1. The second kappa shape index (κ2) is 9.40. The molecule has 4 rings (SSSR count). The number of carbonyl (C=O) groups is 3. The maximum Gasteiger partial charge on any atom is 0.265 e. The Bertz CT molecular complexity index is 1140. The van der Waals surface area contributed by atoms with Gasteiger partial charge in [0.05, 0.1) is 11.6 Å². The van der Waals surface area contributed by atoms with E-state index >= 15 is 0 Å². The number of thiazole rings is 1. The number of hydrogen-bond donors (Lipinski definition) is 1. The zero-order chi connectivity index (χ0) is 22.7. The largest absolute Gasteiger partial charge is 0.337 e. The van der Waals surface area contributed by atoms with Gasteiger partial charge in [-0.2, -0.15) is 0 Å². The normalized spacial score (nSPS) is 15.9. The van der Waals surface area contributed by atoms with Crippen LogP contribution in [0.15, 0.2) is 48.8 Å². The van der Waals surface area contributed by atoms with Crippen LogP contribution in [0.5, 0.6) is 0 Å². The lowest BCUT2D eigenvalue weighted by Crippen LogP contribution is -2.43. The molecule has 0 aliphatic carbocycles. The van der Waals surface area contributed by atoms with Crippen molar-refractivity contribution in [3.63, 3.8) is 0 Å². The van der Waals surface area contributed by atoms with Gasteiger partial charge < -0.3 is 10.2 Å². The van der Waals surface area contributed by atoms with Crippen molar-refractivity contribution in [2.75, 3.05) is 18.4 Å². The molecule has 1 saturated heterocycles. The number of aromatic nitrogens is 2. The summed E-state index contributed by atoms with van der Waals surface area (Å²) in [5.74, 6) is -0.505. The van der Waals surface area contributed by atoms with E-state index in [-0.39, 0.29) is 23.5 Å². The highest BCUT2D eigenvalue weighted by Crippen LogP contribution is 2.29. The molecule has 1 N–H and O–H groups in total. The highest BCUT2D eigenvalue weighted by Gasteiger charge is 2.30. The fraction of sp³-hybridized carbons (Fsp3) is 0.292. The maximum absolute atomic E-state index is 13.2. The molecule has 1 unspecified atom stereocenters. The molecule has 2 amide bonds. The van der Waals surface area contributed by atoms with Crippen molar-refractivity contribution >= 4 is 34.6 Å². The Morgan fingerprint density at radius 3 is 2.62 bits per heavy atom. The van der Waals surface area contributed by atoms with Gasteiger partial charge in [0.2, 0.25) is 5.91 Å². The van der Waals surface area contributed by atoms with Crippen LogP contribution >= 0.6 is 11.3 Å². The topological polar surface area (TPSA) is 92.3 Å². The molecule has 0 bridgehead atoms. The average Bonchev–Trinajstić information content (AvgIpc) is 3.21. The molecule has 1 aromatic carbocycles. The third kappa shape index (κ3) is 4.75. The number of ketones is 1. The summed E-state index contributed by atoms with van der Waals surface area (Å²) in [4.78, 5) is 48.5. The van der Waals surface area contributed by atoms with Crippen molar-refractivity contribution in [1.29, 1.82) is 0 Å². The van der Waals surface area contributed by atoms with E-state index in [4.69, 9.17) is 0 Å². The number of rotatable bonds is 5. The molecule has 3 aromatic rings. The van der Waals surface area contributed by atoms with Crippen LogP contribution < -0.4 is 5.32 Å². The number of nitrogens with zero attached hydrogens (tertiary/aromatic N) is 3. The van der Waals surface area contributed by atoms with Gasteiger partial charge in [-0.1, -0.05) is 0 Å². The van der Waals surface area contributed by atoms with E-state index in [0.717, 1.165) is 23.4 Å². The summed E-state index contributed by atoms with van der Waals surface area (Å²) < 4.78 is 0. The van der Waals surface area contributed by atoms with Crippen molar-refractivity contribution in [3.05, 3.63) is 64.9 Å². The third-order valence-corrected chi connectivity index (χ3v) is 6.73. The zero-order valence-corrected chi connectivity index (χ0v) is 18.8. The van der Waals surface area contributed by atoms with Crippen LogP contribution in [0, 0.1) is 12.8 Å². The second-order valence-corrected chi connectivity index (χ2v) is 8.89. The van der Waals surface area contributed by atoms with Gasteiger partial charge >= 0.3 is 0 Å². The third-order valence-electron chi connectivity index (χ3n) is 5.54. The minimum Gasteiger partial charge on any atom is -0.337 e. The van der Waals surface area contributed by atoms with Gasteiger partial charge in [-0.05, 0) is 63.1 Å². The highest BCUT2D eigenvalue weighted by molar-refractivity contribution is 7.17. The summed E-state index contributed by atoms with van der Waals surface area (Å²) in [6.45, 7) is 4.33. The van der Waals surface area contributed by atoms with E-state index in [2.05, 4.69) is 15.3 Å². The Balaban J connectivity index is 1.43. The van der Waals surface area contributed by atoms with Crippen molar-refractivity contribution in [2.45, 2.75) is 26.7 Å². The van der Waals surface area contributed by atoms with Crippen LogP contribution in [0.2, 0.25) is 0 Å². The number of amides is 2. The molecule has 1 aliphatic heterocycles. The number of nitrogens with one attached hydrogen (secondary N) is 1. The fourth-order valence-corrected chi connectivity index (χ4v) is 4.78. The molecule has 0 spiro atoms. The summed E-state index contributed by atoms with van der Waals surface area (Å²) in [6, 6.07) is 10.6. The average molecular weight is 449 g/mol. The van der Waals surface area contributed by atoms with Crippen LogP contribution in [-0.2, 0) is 4.79 Å². The number of likely N-dealkylation sites (tertiary alicyclic amines) is 1. The molecule has 0 saturated carbocycles. The maximum atomic E-state index is 13.2. The summed E-state index contributed by atoms with van der Waals surface area (Å²) >= 11 is 1.36. The lowest BCUT2D eigenvalue weighted by Gasteiger charge is -2.31. The van der Waals surface area contributed by atoms with Crippen LogP contribution in [0.4, 0.5) is 5.69 Å². The Morgan fingerprint density at radius 1 is 1.16 bits per heavy atom. The summed E-state index contributed by atoms with van der Waals surface area (Å²) in [5.41, 5.74) is 2.81. The van der Waals surface area contributed by atoms with Gasteiger partial charge in [-0.15, -0.1) is 11.3 Å². The predicted octanol–water partition coefficient (Wildman–Crippen LogP) is 4.21. The first-order valence-electron chi connectivity index (χ1n) is 10.5. The first-order chi connectivity index (χ1) is 15.4. The minimum absolute atomic E-state index is 0.0191. The predicted molar refractivity (Wildman–Crippen MR) is 124 cm³/mol. The van der Waals surface area contributed by atoms with Gasteiger partial charge in [0.15, 0.2) is 5.78 Å². The summed E-state index contributed by atoms with van der Waals surface area (Å²) in [6.07, 6.45) is 4.92. The molecule has 1 atom stereocenters. The van der Waals surface area contributed by atoms with Crippen LogP contribution in [0.1, 0.15) is 45.5 Å². The van der Waals surface area contributed by atoms with E-state index in [1.165, 1.54) is 18.3 Å². The van der Waals surface area contributed by atoms with Crippen molar-refractivity contribution < 1.29 is 14.4 Å². The van der Waals surface area contributed by atoms with Crippen LogP contribution in [-0.4, -0.2) is 45.6 Å². The SMILES string of the molecule is CC(=O)c1ccc(NC(=O)C2CCCN(C(=O)c3sc(-c4cccnc4)nc3C)C2)cc1. The Labute approximate surface area is 190 Å². The van der Waals surface area contributed by atoms with E-state index in [9.17, 15) is 14.4 Å². The molecular formula is C24H24N4O3S. The molecule has 8 heteroatoms. The summed E-state index contributed by atoms with van der Waals surface area (Å²) in [5, 5.41) is 3.67. The smallest absolute Gasteiger partial charge is 0.265 e. The quantitative estimate of drug-likeness (QED) is 0.591. The number of Topliss-reactive ketones (excluding diaryl/α,β-unsaturated/α-hetero) is 1. The lowest BCUT2D eigenvalue weighted by atomic mass is 9.96. The minimum atomic E-state index is -0.286. The Hall–Kier alpha value is -3.39. The first-order valence-corrected chi connectivity index (χ1v) is 11.3. The lowest BCUT2D eigenvalue weighted by molar-refractivity contribution is -0.121. The number of aryl methyl sites for hydroxylation is 1. The van der Waals surface area contributed by atoms with Gasteiger partial charge in [-0.3, -0.25) is 19.4 Å². The molecular weight excluding hydrogens is 424 g/mol. The number of piperidine rings is 1. The Morgan fingerprint density at radius 2 is 1.94 bits per heavy atom. The standard InChI is InChI=1S/C24H24N4O3S/c1-15-21(32-23(26-15)18-5-3-11-25-13-18)24(31)28-12-4-6-19(14-28)22(30)27-20-9-7-17(8-10-20)16(2)29/h3,5,7-11,13,19H,4,6,12,14H2,1-2H3,(H,27,30). The number of benzene rings is 1. The van der Waals surface area contributed by atoms with Crippen LogP contribution in [0.25, 0.3) is 10.6 Å². The number of carbonyl (C=O) groups excluding carboxylic acids is 3. The Kier molecular flexibility index (Phi) is 6.41. The van der Waals surface area contributed by atoms with Crippen molar-refractivity contribution in [1.82, 2.24) is 14.9 Å². The van der Waals surface area contributed by atoms with Gasteiger partial charge in [0, 0.05) is 42.3 Å². The van der Waals surface area contributed by atoms with E-state index in [1.807, 2.05) is 19.1 Å². The molecule has 32 heavy (non-hydrogen) atoms. The van der Waals surface area contributed by atoms with Crippen molar-refractivity contribution in [2.24, 2.45) is 5.92 Å². The van der Waals surface area contributed by atoms with E-state index < -0.39 is 0 Å². The molecule has 0 radical (unpaired) electrons. The molecule has 2 aromatic heterocycles. The summed E-state index contributed by atoms with van der Waals surface area (Å²) in [7, 11) is 0. The molecule has 7 nitrogen and oxygen atoms in total.